The summed E-state index contributed by atoms with van der Waals surface area (Å²) in [7, 11) is 0. The van der Waals surface area contributed by atoms with Gasteiger partial charge >= 0.3 is 0 Å². The summed E-state index contributed by atoms with van der Waals surface area (Å²) in [6.45, 7) is 0. The van der Waals surface area contributed by atoms with Gasteiger partial charge in [-0.05, 0) is 83.8 Å². The molecule has 19 aromatic rings. The highest BCUT2D eigenvalue weighted by atomic mass is 16.3. The Labute approximate surface area is 500 Å². The SMILES string of the molecule is [2H]c1c([2H])c([2H])c2c(c1N(c1ccccc1)c1cccc3c1oc1c(-c4ccccc4)cccc13)c1c([2H])c([2H])c([2H])c3c4c([2H])c5c(c([2H])c4n2c13)c1c([2H])c([2H])c([2H])c2c3c(N(c4ccccc4)c4cccc6c4oc4c(-c7ccccc7)cccc46)c([2H])c([2H])c([2H])c3n5c21. The molecule has 0 spiro atoms. The lowest BCUT2D eigenvalue weighted by atomic mass is 10.0. The molecule has 390 valence electrons. The number of anilines is 6. The summed E-state index contributed by atoms with van der Waals surface area (Å²) in [4.78, 5) is 3.51. The van der Waals surface area contributed by atoms with E-state index in [1.54, 1.807) is 9.80 Å². The van der Waals surface area contributed by atoms with E-state index in [0.717, 1.165) is 43.8 Å². The third-order valence-corrected chi connectivity index (χ3v) is 16.8. The fourth-order valence-electron chi connectivity index (χ4n) is 13.3. The number of nitrogens with zero attached hydrogens (tertiary/aromatic N) is 4. The zero-order chi connectivity index (χ0) is 66.9. The van der Waals surface area contributed by atoms with Gasteiger partial charge in [0.05, 0.1) is 75.0 Å². The van der Waals surface area contributed by atoms with E-state index in [1.165, 1.54) is 8.80 Å². The standard InChI is InChI=1S/C78H46N4O2/c1-5-21-47(22-6-1)51-29-13-33-55-57-35-17-43-67(77(57)83-75(51)55)79(49-25-9-3-10-26-49)63-39-19-41-65-71(63)59-37-15-31-53-61-46-70-62(45-69(61)81(65)73(53)59)54-32-16-38-60-72-64(40-20-42-66(72)82(70)74(54)60)80(50-27-11-4-12-28-50)68-44-18-36-58-56-34-14-30-52(76(56)84-78(58)68)48-23-7-2-8-24-48/h1-46H/i15D,16D,19D,20D,31D,32D,37D,38D,39D,40D,41D,42D,45D,46D. The third-order valence-electron chi connectivity index (χ3n) is 16.8. The van der Waals surface area contributed by atoms with Crippen LogP contribution in [0.1, 0.15) is 19.2 Å². The summed E-state index contributed by atoms with van der Waals surface area (Å²) in [5, 5.41) is 3.01. The van der Waals surface area contributed by atoms with Crippen molar-refractivity contribution < 1.29 is 28.0 Å². The monoisotopic (exact) mass is 1080 g/mol. The van der Waals surface area contributed by atoms with Gasteiger partial charge in [0.15, 0.2) is 11.2 Å². The maximum atomic E-state index is 10.7. The number of aromatic nitrogens is 2. The van der Waals surface area contributed by atoms with E-state index >= 15 is 0 Å². The van der Waals surface area contributed by atoms with Gasteiger partial charge in [-0.15, -0.1) is 0 Å². The van der Waals surface area contributed by atoms with E-state index < -0.39 is 72.5 Å². The summed E-state index contributed by atoms with van der Waals surface area (Å²) >= 11 is 0. The molecule has 6 heterocycles. The summed E-state index contributed by atoms with van der Waals surface area (Å²) in [6.07, 6.45) is 0. The molecule has 0 aliphatic carbocycles. The number of furan rings is 2. The minimum absolute atomic E-state index is 0.00610. The fraction of sp³-hybridized carbons (Fsp3) is 0. The molecule has 19 rings (SSSR count). The van der Waals surface area contributed by atoms with Crippen LogP contribution in [0.5, 0.6) is 0 Å². The van der Waals surface area contributed by atoms with Gasteiger partial charge in [-0.1, -0.05) is 206 Å². The van der Waals surface area contributed by atoms with E-state index in [-0.39, 0.29) is 99.6 Å². The topological polar surface area (TPSA) is 41.6 Å². The molecule has 0 unspecified atom stereocenters. The van der Waals surface area contributed by atoms with E-state index in [9.17, 15) is 19.2 Å². The van der Waals surface area contributed by atoms with Crippen molar-refractivity contribution in [3.63, 3.8) is 0 Å². The minimum atomic E-state index is -0.566. The Morgan fingerprint density at radius 2 is 0.655 bits per heavy atom. The van der Waals surface area contributed by atoms with Gasteiger partial charge in [0.2, 0.25) is 0 Å². The maximum absolute atomic E-state index is 10.7. The molecular formula is C78H46N4O2. The highest BCUT2D eigenvalue weighted by molar-refractivity contribution is 6.32. The first-order valence-electron chi connectivity index (χ1n) is 34.6. The van der Waals surface area contributed by atoms with E-state index in [4.69, 9.17) is 8.83 Å². The molecule has 6 aromatic heterocycles. The molecule has 0 aliphatic rings. The second kappa shape index (κ2) is 17.1. The van der Waals surface area contributed by atoms with Crippen LogP contribution in [0.4, 0.5) is 34.1 Å². The van der Waals surface area contributed by atoms with Gasteiger partial charge in [-0.3, -0.25) is 0 Å². The molecule has 0 aliphatic heterocycles. The highest BCUT2D eigenvalue weighted by Gasteiger charge is 2.29. The third kappa shape index (κ3) is 6.12. The van der Waals surface area contributed by atoms with Gasteiger partial charge in [-0.2, -0.15) is 0 Å². The number of hydrogen-bond acceptors (Lipinski definition) is 4. The van der Waals surface area contributed by atoms with Crippen molar-refractivity contribution >= 4 is 154 Å². The average molecular weight is 1090 g/mol. The molecule has 0 bridgehead atoms. The fourth-order valence-corrected chi connectivity index (χ4v) is 13.3. The van der Waals surface area contributed by atoms with Crippen molar-refractivity contribution in [1.82, 2.24) is 8.80 Å². The van der Waals surface area contributed by atoms with Gasteiger partial charge in [-0.25, -0.2) is 0 Å². The lowest BCUT2D eigenvalue weighted by Crippen LogP contribution is -2.10. The summed E-state index contributed by atoms with van der Waals surface area (Å²) in [5.74, 6) is 0. The number of hydrogen-bond donors (Lipinski definition) is 0. The second-order valence-corrected chi connectivity index (χ2v) is 21.2. The van der Waals surface area contributed by atoms with Crippen LogP contribution in [0.3, 0.4) is 0 Å². The first-order valence-corrected chi connectivity index (χ1v) is 27.6. The quantitative estimate of drug-likeness (QED) is 0.152. The molecule has 84 heavy (non-hydrogen) atoms. The van der Waals surface area contributed by atoms with Crippen LogP contribution >= 0.6 is 0 Å². The Bertz CT molecular complexity index is 6330. The van der Waals surface area contributed by atoms with Crippen LogP contribution in [0, 0.1) is 0 Å². The van der Waals surface area contributed by atoms with Crippen LogP contribution in [0.15, 0.2) is 288 Å². The smallest absolute Gasteiger partial charge is 0.159 e. The average Bonchev–Trinajstić information content (AvgIpc) is 1.49. The summed E-state index contributed by atoms with van der Waals surface area (Å²) in [6, 6.07) is 54.4. The van der Waals surface area contributed by atoms with Crippen molar-refractivity contribution in [3.8, 4) is 22.3 Å². The zero-order valence-corrected chi connectivity index (χ0v) is 44.1. The summed E-state index contributed by atoms with van der Waals surface area (Å²) < 4.78 is 157. The van der Waals surface area contributed by atoms with Gasteiger partial charge in [0.1, 0.15) is 11.2 Å². The zero-order valence-electron chi connectivity index (χ0n) is 58.1. The lowest BCUT2D eigenvalue weighted by molar-refractivity contribution is 0.670. The van der Waals surface area contributed by atoms with Crippen molar-refractivity contribution in [1.29, 1.82) is 0 Å². The summed E-state index contributed by atoms with van der Waals surface area (Å²) in [5.41, 5.74) is 7.33. The predicted molar refractivity (Wildman–Crippen MR) is 351 cm³/mol. The van der Waals surface area contributed by atoms with E-state index in [0.29, 0.717) is 45.1 Å². The van der Waals surface area contributed by atoms with Gasteiger partial charge < -0.3 is 27.4 Å². The number of benzene rings is 13. The van der Waals surface area contributed by atoms with Crippen LogP contribution < -0.4 is 9.80 Å². The molecule has 0 N–H and O–H groups in total. The molecular weight excluding hydrogens is 1020 g/mol. The maximum Gasteiger partial charge on any atom is 0.159 e. The molecule has 6 nitrogen and oxygen atoms in total. The highest BCUT2D eigenvalue weighted by Crippen LogP contribution is 2.53. The Morgan fingerprint density at radius 3 is 1.08 bits per heavy atom. The second-order valence-electron chi connectivity index (χ2n) is 21.2. The van der Waals surface area contributed by atoms with Crippen molar-refractivity contribution in [3.05, 3.63) is 279 Å². The van der Waals surface area contributed by atoms with Crippen molar-refractivity contribution in [2.24, 2.45) is 0 Å². The van der Waals surface area contributed by atoms with Crippen molar-refractivity contribution in [2.45, 2.75) is 0 Å². The van der Waals surface area contributed by atoms with E-state index in [1.807, 2.05) is 194 Å². The molecule has 0 atom stereocenters. The molecule has 6 heteroatoms. The first kappa shape index (κ1) is 34.1. The number of para-hydroxylation sites is 8. The largest absolute Gasteiger partial charge is 0.453 e. The minimum Gasteiger partial charge on any atom is -0.453 e. The van der Waals surface area contributed by atoms with Gasteiger partial charge in [0.25, 0.3) is 0 Å². The number of fused-ring (bicyclic) bond motifs is 18. The molecule has 0 amide bonds. The van der Waals surface area contributed by atoms with E-state index in [2.05, 4.69) is 0 Å². The number of rotatable bonds is 8. The van der Waals surface area contributed by atoms with Crippen molar-refractivity contribution in [2.75, 3.05) is 9.80 Å². The molecule has 0 fully saturated rings. The Kier molecular flexibility index (Phi) is 6.93. The molecule has 0 saturated heterocycles. The van der Waals surface area contributed by atoms with Crippen LogP contribution in [-0.2, 0) is 0 Å². The predicted octanol–water partition coefficient (Wildman–Crippen LogP) is 22.1. The lowest BCUT2D eigenvalue weighted by Gasteiger charge is -2.26. The molecule has 0 saturated carbocycles. The van der Waals surface area contributed by atoms with Crippen LogP contribution in [0.25, 0.3) is 142 Å². The molecule has 0 radical (unpaired) electrons. The van der Waals surface area contributed by atoms with Crippen LogP contribution in [-0.4, -0.2) is 8.80 Å². The Morgan fingerprint density at radius 1 is 0.286 bits per heavy atom. The first-order chi connectivity index (χ1) is 47.6. The Hall–Kier alpha value is -11.3. The molecule has 13 aromatic carbocycles. The Balaban J connectivity index is 0.943. The normalized spacial score (nSPS) is 14.6. The van der Waals surface area contributed by atoms with Gasteiger partial charge in [0, 0.05) is 87.1 Å². The van der Waals surface area contributed by atoms with Crippen LogP contribution in [0.2, 0.25) is 0 Å².